The van der Waals surface area contributed by atoms with Crippen LogP contribution >= 0.6 is 11.3 Å². The van der Waals surface area contributed by atoms with Crippen LogP contribution in [0.5, 0.6) is 0 Å². The van der Waals surface area contributed by atoms with Crippen molar-refractivity contribution in [2.75, 3.05) is 6.61 Å². The number of nitrogens with zero attached hydrogens (tertiary/aromatic N) is 4. The largest absolute Gasteiger partial charge is 0.461 e. The highest BCUT2D eigenvalue weighted by molar-refractivity contribution is 7.15. The van der Waals surface area contributed by atoms with Gasteiger partial charge in [0, 0.05) is 18.0 Å². The second kappa shape index (κ2) is 7.32. The van der Waals surface area contributed by atoms with E-state index in [0.29, 0.717) is 25.0 Å². The molecule has 0 aliphatic carbocycles. The Morgan fingerprint density at radius 3 is 2.88 bits per heavy atom. The number of thiophene rings is 1. The van der Waals surface area contributed by atoms with E-state index in [0.717, 1.165) is 11.3 Å². The monoisotopic (exact) mass is 382 g/mol. The summed E-state index contributed by atoms with van der Waals surface area (Å²) < 4.78 is 37.6. The van der Waals surface area contributed by atoms with Crippen molar-refractivity contribution in [1.29, 1.82) is 0 Å². The number of ether oxygens (including phenoxy) is 1. The number of halogens is 2. The Labute approximate surface area is 151 Å². The Hall–Kier alpha value is -2.62. The van der Waals surface area contributed by atoms with Gasteiger partial charge < -0.3 is 9.26 Å². The number of hydrogen-bond donors (Lipinski definition) is 0. The molecule has 3 heterocycles. The molecule has 26 heavy (non-hydrogen) atoms. The molecule has 0 unspecified atom stereocenters. The minimum Gasteiger partial charge on any atom is -0.461 e. The molecule has 10 heteroatoms. The Bertz CT molecular complexity index is 897. The molecule has 3 aromatic rings. The van der Waals surface area contributed by atoms with Gasteiger partial charge >= 0.3 is 11.9 Å². The molecule has 3 rings (SSSR count). The van der Waals surface area contributed by atoms with Crippen molar-refractivity contribution in [1.82, 2.24) is 19.9 Å². The van der Waals surface area contributed by atoms with E-state index in [9.17, 15) is 13.6 Å². The molecule has 0 bridgehead atoms. The molecule has 0 N–H and O–H groups in total. The van der Waals surface area contributed by atoms with Gasteiger partial charge in [0.05, 0.1) is 18.0 Å². The fourth-order valence-corrected chi connectivity index (χ4v) is 3.00. The third kappa shape index (κ3) is 4.13. The van der Waals surface area contributed by atoms with E-state index in [2.05, 4.69) is 19.8 Å². The van der Waals surface area contributed by atoms with Gasteiger partial charge in [-0.05, 0) is 24.6 Å². The highest BCUT2D eigenvalue weighted by Gasteiger charge is 2.32. The predicted octanol–water partition coefficient (Wildman–Crippen LogP) is 3.72. The zero-order valence-electron chi connectivity index (χ0n) is 14.1. The molecular formula is C16H16F2N4O3S. The van der Waals surface area contributed by atoms with E-state index in [1.54, 1.807) is 23.0 Å². The van der Waals surface area contributed by atoms with Gasteiger partial charge in [0.1, 0.15) is 0 Å². The van der Waals surface area contributed by atoms with Crippen molar-refractivity contribution >= 4 is 17.3 Å². The first-order chi connectivity index (χ1) is 12.4. The molecule has 0 aliphatic heterocycles. The molecule has 7 nitrogen and oxygen atoms in total. The molecule has 0 radical (unpaired) electrons. The average molecular weight is 382 g/mol. The van der Waals surface area contributed by atoms with Gasteiger partial charge in [-0.15, -0.1) is 11.3 Å². The summed E-state index contributed by atoms with van der Waals surface area (Å²) in [6.45, 7) is 3.38. The van der Waals surface area contributed by atoms with Crippen molar-refractivity contribution in [3.8, 4) is 10.7 Å². The molecule has 3 aromatic heterocycles. The molecule has 0 atom stereocenters. The normalized spacial score (nSPS) is 11.7. The molecule has 0 spiro atoms. The first-order valence-electron chi connectivity index (χ1n) is 7.88. The minimum atomic E-state index is -3.18. The van der Waals surface area contributed by atoms with Crippen molar-refractivity contribution in [2.45, 2.75) is 32.7 Å². The highest BCUT2D eigenvalue weighted by Crippen LogP contribution is 2.30. The van der Waals surface area contributed by atoms with Crippen molar-refractivity contribution in [3.63, 3.8) is 0 Å². The van der Waals surface area contributed by atoms with Gasteiger partial charge in [-0.25, -0.2) is 4.79 Å². The third-order valence-corrected chi connectivity index (χ3v) is 4.35. The number of aromatic nitrogens is 4. The summed E-state index contributed by atoms with van der Waals surface area (Å²) in [6, 6.07) is 5.13. The number of carbonyl (C=O) groups excluding carboxylic acids is 1. The first-order valence-corrected chi connectivity index (χ1v) is 8.70. The zero-order valence-corrected chi connectivity index (χ0v) is 14.9. The lowest BCUT2D eigenvalue weighted by Crippen LogP contribution is -2.08. The van der Waals surface area contributed by atoms with Crippen LogP contribution in [0.15, 0.2) is 28.9 Å². The highest BCUT2D eigenvalue weighted by atomic mass is 32.1. The number of rotatable bonds is 7. The van der Waals surface area contributed by atoms with Gasteiger partial charge in [-0.1, -0.05) is 12.1 Å². The van der Waals surface area contributed by atoms with Crippen LogP contribution in [0.3, 0.4) is 0 Å². The fourth-order valence-electron chi connectivity index (χ4n) is 2.07. The minimum absolute atomic E-state index is 0.113. The molecule has 0 saturated heterocycles. The second-order valence-electron chi connectivity index (χ2n) is 5.61. The topological polar surface area (TPSA) is 83.0 Å². The van der Waals surface area contributed by atoms with E-state index in [-0.39, 0.29) is 11.5 Å². The summed E-state index contributed by atoms with van der Waals surface area (Å²) in [4.78, 5) is 17.0. The van der Waals surface area contributed by atoms with Crippen LogP contribution in [0.4, 0.5) is 8.78 Å². The second-order valence-corrected chi connectivity index (χ2v) is 6.78. The van der Waals surface area contributed by atoms with Crippen LogP contribution in [0.1, 0.15) is 41.5 Å². The van der Waals surface area contributed by atoms with E-state index < -0.39 is 17.8 Å². The number of esters is 1. The third-order valence-electron chi connectivity index (χ3n) is 3.29. The number of hydrogen-bond acceptors (Lipinski definition) is 7. The lowest BCUT2D eigenvalue weighted by atomic mass is 10.4. The van der Waals surface area contributed by atoms with Crippen molar-refractivity contribution in [3.05, 3.63) is 40.9 Å². The van der Waals surface area contributed by atoms with E-state index in [1.807, 2.05) is 13.0 Å². The number of carbonyl (C=O) groups is 1. The zero-order chi connectivity index (χ0) is 18.7. The number of alkyl halides is 2. The average Bonchev–Trinajstić information content (AvgIpc) is 3.31. The smallest absolute Gasteiger partial charge is 0.358 e. The SMILES string of the molecule is CCCOC(=O)c1ccn(Cc2ccc(-c3noc(C(C)(F)F)n3)s2)n1. The maximum absolute atomic E-state index is 13.2. The maximum atomic E-state index is 13.2. The summed E-state index contributed by atoms with van der Waals surface area (Å²) in [5.41, 5.74) is 0.239. The molecule has 0 fully saturated rings. The molecule has 0 aliphatic rings. The van der Waals surface area contributed by atoms with Crippen molar-refractivity contribution < 1.29 is 22.8 Å². The van der Waals surface area contributed by atoms with Crippen LogP contribution < -0.4 is 0 Å². The van der Waals surface area contributed by atoms with Crippen molar-refractivity contribution in [2.24, 2.45) is 0 Å². The van der Waals surface area contributed by atoms with Crippen LogP contribution in [-0.4, -0.2) is 32.5 Å². The standard InChI is InChI=1S/C16H16F2N4O3S/c1-3-8-24-14(23)11-6-7-22(20-11)9-10-4-5-12(26-10)13-19-15(25-21-13)16(2,17)18/h4-7H,3,8-9H2,1-2H3. The Morgan fingerprint density at radius 1 is 1.38 bits per heavy atom. The van der Waals surface area contributed by atoms with Gasteiger partial charge in [0.15, 0.2) is 5.69 Å². The van der Waals surface area contributed by atoms with E-state index >= 15 is 0 Å². The molecule has 0 amide bonds. The first kappa shape index (κ1) is 18.2. The maximum Gasteiger partial charge on any atom is 0.358 e. The molecule has 138 valence electrons. The summed E-state index contributed by atoms with van der Waals surface area (Å²) >= 11 is 1.33. The van der Waals surface area contributed by atoms with Crippen LogP contribution in [0.25, 0.3) is 10.7 Å². The summed E-state index contributed by atoms with van der Waals surface area (Å²) in [6.07, 6.45) is 2.41. The van der Waals surface area contributed by atoms with Gasteiger partial charge in [0.25, 0.3) is 5.89 Å². The lowest BCUT2D eigenvalue weighted by Gasteiger charge is -2.00. The lowest BCUT2D eigenvalue weighted by molar-refractivity contribution is -0.0158. The fraction of sp³-hybridized carbons (Fsp3) is 0.375. The van der Waals surface area contributed by atoms with E-state index in [1.165, 1.54) is 11.3 Å². The Morgan fingerprint density at radius 2 is 2.19 bits per heavy atom. The summed E-state index contributed by atoms with van der Waals surface area (Å²) in [5.74, 6) is -4.24. The Balaban J connectivity index is 1.68. The van der Waals surface area contributed by atoms with Gasteiger partial charge in [-0.3, -0.25) is 4.68 Å². The van der Waals surface area contributed by atoms with Crippen LogP contribution in [0, 0.1) is 0 Å². The molecule has 0 aromatic carbocycles. The molecular weight excluding hydrogens is 366 g/mol. The summed E-state index contributed by atoms with van der Waals surface area (Å²) in [7, 11) is 0. The van der Waals surface area contributed by atoms with Crippen LogP contribution in [-0.2, 0) is 17.2 Å². The summed E-state index contributed by atoms with van der Waals surface area (Å²) in [5, 5.41) is 7.77. The van der Waals surface area contributed by atoms with Gasteiger partial charge in [-0.2, -0.15) is 18.9 Å². The predicted molar refractivity (Wildman–Crippen MR) is 89.1 cm³/mol. The van der Waals surface area contributed by atoms with Crippen LogP contribution in [0.2, 0.25) is 0 Å². The Kier molecular flexibility index (Phi) is 5.12. The van der Waals surface area contributed by atoms with E-state index in [4.69, 9.17) is 4.74 Å². The quantitative estimate of drug-likeness (QED) is 0.579. The molecule has 0 saturated carbocycles. The van der Waals surface area contributed by atoms with Gasteiger partial charge in [0.2, 0.25) is 5.82 Å².